The first-order chi connectivity index (χ1) is 11.3. The van der Waals surface area contributed by atoms with E-state index in [0.29, 0.717) is 36.2 Å². The molecule has 0 saturated carbocycles. The van der Waals surface area contributed by atoms with E-state index < -0.39 is 10.0 Å². The zero-order valence-corrected chi connectivity index (χ0v) is 15.3. The molecule has 1 saturated heterocycles. The molecule has 134 valence electrons. The highest BCUT2D eigenvalue weighted by Crippen LogP contribution is 2.23. The summed E-state index contributed by atoms with van der Waals surface area (Å²) in [4.78, 5) is 12.1. The Morgan fingerprint density at radius 1 is 1.29 bits per heavy atom. The second-order valence-electron chi connectivity index (χ2n) is 6.57. The maximum absolute atomic E-state index is 12.4. The van der Waals surface area contributed by atoms with Gasteiger partial charge in [0.15, 0.2) is 0 Å². The van der Waals surface area contributed by atoms with Gasteiger partial charge in [0.2, 0.25) is 10.0 Å². The van der Waals surface area contributed by atoms with Crippen LogP contribution in [0, 0.1) is 11.8 Å². The van der Waals surface area contributed by atoms with Crippen molar-refractivity contribution in [3.8, 4) is 5.75 Å². The molecule has 2 atom stereocenters. The molecule has 1 aliphatic rings. The molecule has 1 aliphatic heterocycles. The summed E-state index contributed by atoms with van der Waals surface area (Å²) in [7, 11) is -1.81. The molecule has 1 N–H and O–H groups in total. The van der Waals surface area contributed by atoms with E-state index in [1.54, 1.807) is 28.6 Å². The number of sulfonamides is 1. The third kappa shape index (κ3) is 4.95. The molecule has 1 heterocycles. The van der Waals surface area contributed by atoms with Gasteiger partial charge in [-0.3, -0.25) is 4.79 Å². The molecular formula is C17H26N2O4S. The summed E-state index contributed by atoms with van der Waals surface area (Å²) < 4.78 is 31.5. The minimum Gasteiger partial charge on any atom is -0.497 e. The number of hydrogen-bond acceptors (Lipinski definition) is 4. The van der Waals surface area contributed by atoms with Crippen molar-refractivity contribution in [3.63, 3.8) is 0 Å². The summed E-state index contributed by atoms with van der Waals surface area (Å²) in [5.41, 5.74) is 0.451. The van der Waals surface area contributed by atoms with E-state index in [0.717, 1.165) is 6.42 Å². The van der Waals surface area contributed by atoms with Gasteiger partial charge in [-0.15, -0.1) is 0 Å². The minimum atomic E-state index is -3.35. The van der Waals surface area contributed by atoms with Crippen molar-refractivity contribution in [1.29, 1.82) is 0 Å². The van der Waals surface area contributed by atoms with Crippen LogP contribution in [0.4, 0.5) is 0 Å². The lowest BCUT2D eigenvalue weighted by molar-refractivity contribution is 0.0955. The summed E-state index contributed by atoms with van der Waals surface area (Å²) in [5.74, 6) is 0.947. The molecule has 7 heteroatoms. The molecule has 0 bridgehead atoms. The van der Waals surface area contributed by atoms with Crippen LogP contribution in [0.15, 0.2) is 24.3 Å². The van der Waals surface area contributed by atoms with Crippen LogP contribution in [0.25, 0.3) is 0 Å². The van der Waals surface area contributed by atoms with Crippen molar-refractivity contribution in [2.75, 3.05) is 32.5 Å². The predicted octanol–water partition coefficient (Wildman–Crippen LogP) is 1.73. The molecule has 0 radical (unpaired) electrons. The van der Waals surface area contributed by atoms with E-state index in [4.69, 9.17) is 4.74 Å². The summed E-state index contributed by atoms with van der Waals surface area (Å²) in [6.07, 6.45) is 1.05. The Balaban J connectivity index is 1.89. The molecular weight excluding hydrogens is 328 g/mol. The van der Waals surface area contributed by atoms with Crippen LogP contribution in [-0.2, 0) is 10.0 Å². The van der Waals surface area contributed by atoms with E-state index >= 15 is 0 Å². The van der Waals surface area contributed by atoms with Crippen molar-refractivity contribution in [3.05, 3.63) is 29.8 Å². The van der Waals surface area contributed by atoms with Crippen LogP contribution in [-0.4, -0.2) is 51.1 Å². The van der Waals surface area contributed by atoms with Gasteiger partial charge in [0.25, 0.3) is 5.91 Å². The number of rotatable bonds is 6. The Labute approximate surface area is 144 Å². The molecule has 1 fully saturated rings. The summed E-state index contributed by atoms with van der Waals surface area (Å²) in [5, 5.41) is 2.67. The highest BCUT2D eigenvalue weighted by atomic mass is 32.2. The fourth-order valence-electron chi connectivity index (χ4n) is 3.12. The molecule has 6 nitrogen and oxygen atoms in total. The van der Waals surface area contributed by atoms with Crippen molar-refractivity contribution in [1.82, 2.24) is 9.62 Å². The molecule has 0 spiro atoms. The fraction of sp³-hybridized carbons (Fsp3) is 0.588. The number of hydrogen-bond donors (Lipinski definition) is 1. The zero-order valence-electron chi connectivity index (χ0n) is 14.5. The topological polar surface area (TPSA) is 75.7 Å². The monoisotopic (exact) mass is 354 g/mol. The molecule has 0 aromatic heterocycles. The van der Waals surface area contributed by atoms with Gasteiger partial charge in [0.1, 0.15) is 5.75 Å². The first-order valence-electron chi connectivity index (χ1n) is 8.22. The lowest BCUT2D eigenvalue weighted by Gasteiger charge is -2.34. The lowest BCUT2D eigenvalue weighted by Crippen LogP contribution is -2.45. The van der Waals surface area contributed by atoms with E-state index in [9.17, 15) is 13.2 Å². The van der Waals surface area contributed by atoms with Crippen LogP contribution in [0.5, 0.6) is 5.75 Å². The highest BCUT2D eigenvalue weighted by Gasteiger charge is 2.30. The van der Waals surface area contributed by atoms with Crippen LogP contribution in [0.1, 0.15) is 30.6 Å². The summed E-state index contributed by atoms with van der Waals surface area (Å²) in [6.45, 7) is 5.37. The van der Waals surface area contributed by atoms with Gasteiger partial charge in [0.05, 0.1) is 12.9 Å². The molecule has 1 aromatic carbocycles. The third-order valence-electron chi connectivity index (χ3n) is 4.21. The van der Waals surface area contributed by atoms with Crippen molar-refractivity contribution < 1.29 is 17.9 Å². The predicted molar refractivity (Wildman–Crippen MR) is 93.6 cm³/mol. The first-order valence-corrected chi connectivity index (χ1v) is 9.83. The van der Waals surface area contributed by atoms with Gasteiger partial charge in [0, 0.05) is 25.2 Å². The largest absolute Gasteiger partial charge is 0.497 e. The number of benzene rings is 1. The second-order valence-corrected chi connectivity index (χ2v) is 8.66. The van der Waals surface area contributed by atoms with E-state index in [1.165, 1.54) is 7.11 Å². The van der Waals surface area contributed by atoms with E-state index in [2.05, 4.69) is 19.2 Å². The van der Waals surface area contributed by atoms with Gasteiger partial charge >= 0.3 is 0 Å². The molecule has 0 unspecified atom stereocenters. The lowest BCUT2D eigenvalue weighted by atomic mass is 9.94. The van der Waals surface area contributed by atoms with Gasteiger partial charge in [-0.05, 0) is 36.5 Å². The fourth-order valence-corrected chi connectivity index (χ4v) is 4.70. The Morgan fingerprint density at radius 3 is 2.58 bits per heavy atom. The molecule has 2 rings (SSSR count). The molecule has 0 aliphatic carbocycles. The van der Waals surface area contributed by atoms with Crippen LogP contribution >= 0.6 is 0 Å². The van der Waals surface area contributed by atoms with Crippen molar-refractivity contribution >= 4 is 15.9 Å². The van der Waals surface area contributed by atoms with E-state index in [-0.39, 0.29) is 18.2 Å². The summed E-state index contributed by atoms with van der Waals surface area (Å²) >= 11 is 0. The van der Waals surface area contributed by atoms with Gasteiger partial charge in [-0.1, -0.05) is 19.9 Å². The number of carbonyl (C=O) groups is 1. The normalized spacial score (nSPS) is 22.1. The maximum Gasteiger partial charge on any atom is 0.251 e. The minimum absolute atomic E-state index is 0.0812. The number of amides is 1. The number of ether oxygens (including phenoxy) is 1. The second kappa shape index (κ2) is 7.98. The van der Waals surface area contributed by atoms with Crippen LogP contribution < -0.4 is 10.1 Å². The van der Waals surface area contributed by atoms with Crippen LogP contribution in [0.2, 0.25) is 0 Å². The molecule has 1 aromatic rings. The Bertz CT molecular complexity index is 665. The third-order valence-corrected chi connectivity index (χ3v) is 6.01. The first kappa shape index (κ1) is 18.7. The number of piperidine rings is 1. The van der Waals surface area contributed by atoms with Crippen molar-refractivity contribution in [2.45, 2.75) is 20.3 Å². The summed E-state index contributed by atoms with van der Waals surface area (Å²) in [6, 6.07) is 6.76. The molecule has 1 amide bonds. The standard InChI is InChI=1S/C17H26N2O4S/c1-13-9-14(2)12-19(11-13)24(21,22)8-7-18-17(20)15-5-4-6-16(10-15)23-3/h4-6,10,13-14H,7-9,11-12H2,1-3H3,(H,18,20)/t13-,14+. The Morgan fingerprint density at radius 2 is 1.96 bits per heavy atom. The van der Waals surface area contributed by atoms with Gasteiger partial charge < -0.3 is 10.1 Å². The van der Waals surface area contributed by atoms with Gasteiger partial charge in [-0.25, -0.2) is 12.7 Å². The number of nitrogens with one attached hydrogen (secondary N) is 1. The SMILES string of the molecule is COc1cccc(C(=O)NCCS(=O)(=O)N2C[C@H](C)C[C@H](C)C2)c1. The average molecular weight is 354 g/mol. The number of carbonyl (C=O) groups excluding carboxylic acids is 1. The highest BCUT2D eigenvalue weighted by molar-refractivity contribution is 7.89. The number of methoxy groups -OCH3 is 1. The average Bonchev–Trinajstić information content (AvgIpc) is 2.53. The van der Waals surface area contributed by atoms with Gasteiger partial charge in [-0.2, -0.15) is 0 Å². The Kier molecular flexibility index (Phi) is 6.23. The molecule has 24 heavy (non-hydrogen) atoms. The number of nitrogens with zero attached hydrogens (tertiary/aromatic N) is 1. The Hall–Kier alpha value is -1.60. The quantitative estimate of drug-likeness (QED) is 0.844. The van der Waals surface area contributed by atoms with E-state index in [1.807, 2.05) is 0 Å². The van der Waals surface area contributed by atoms with Crippen LogP contribution in [0.3, 0.4) is 0 Å². The van der Waals surface area contributed by atoms with Crippen molar-refractivity contribution in [2.24, 2.45) is 11.8 Å². The maximum atomic E-state index is 12.4. The smallest absolute Gasteiger partial charge is 0.251 e. The zero-order chi connectivity index (χ0) is 17.7.